The molecular formula is C10H17BrN4O2. The molecule has 1 rings (SSSR count). The van der Waals surface area contributed by atoms with E-state index < -0.39 is 0 Å². The largest absolute Gasteiger partial charge is 0.383 e. The first kappa shape index (κ1) is 14.1. The molecular weight excluding hydrogens is 288 g/mol. The molecule has 1 aromatic rings. The molecule has 6 nitrogen and oxygen atoms in total. The fourth-order valence-corrected chi connectivity index (χ4v) is 1.87. The highest BCUT2D eigenvalue weighted by atomic mass is 79.9. The Morgan fingerprint density at radius 2 is 2.35 bits per heavy atom. The van der Waals surface area contributed by atoms with Gasteiger partial charge in [0.05, 0.1) is 12.9 Å². The second-order valence-corrected chi connectivity index (χ2v) is 4.28. The standard InChI is InChI=1S/C10H17BrN4O2/c1-17-6-5-15(4-2-3-12)9-8(11)10(16)14-7-13-9/h7H,2-6,12H2,1H3,(H,13,14,16). The van der Waals surface area contributed by atoms with Crippen LogP contribution in [0.2, 0.25) is 0 Å². The number of hydrogen-bond donors (Lipinski definition) is 2. The molecule has 0 bridgehead atoms. The minimum atomic E-state index is -0.190. The van der Waals surface area contributed by atoms with Crippen LogP contribution in [0.15, 0.2) is 15.6 Å². The van der Waals surface area contributed by atoms with Crippen LogP contribution in [0.3, 0.4) is 0 Å². The van der Waals surface area contributed by atoms with Crippen molar-refractivity contribution < 1.29 is 4.74 Å². The van der Waals surface area contributed by atoms with Crippen molar-refractivity contribution in [2.75, 3.05) is 38.3 Å². The molecule has 7 heteroatoms. The molecule has 0 radical (unpaired) electrons. The lowest BCUT2D eigenvalue weighted by Gasteiger charge is -2.23. The third kappa shape index (κ3) is 4.10. The van der Waals surface area contributed by atoms with Gasteiger partial charge in [-0.15, -0.1) is 0 Å². The normalized spacial score (nSPS) is 10.5. The average molecular weight is 305 g/mol. The molecule has 0 spiro atoms. The molecule has 1 heterocycles. The number of hydrogen-bond acceptors (Lipinski definition) is 5. The SMILES string of the molecule is COCCN(CCCN)c1nc[nH]c(=O)c1Br. The van der Waals surface area contributed by atoms with Crippen LogP contribution < -0.4 is 16.2 Å². The van der Waals surface area contributed by atoms with Gasteiger partial charge in [-0.25, -0.2) is 4.98 Å². The lowest BCUT2D eigenvalue weighted by Crippen LogP contribution is -2.32. The van der Waals surface area contributed by atoms with Crippen LogP contribution in [0.4, 0.5) is 5.82 Å². The van der Waals surface area contributed by atoms with Gasteiger partial charge >= 0.3 is 0 Å². The first-order chi connectivity index (χ1) is 8.20. The van der Waals surface area contributed by atoms with Crippen molar-refractivity contribution in [2.45, 2.75) is 6.42 Å². The lowest BCUT2D eigenvalue weighted by molar-refractivity contribution is 0.205. The number of rotatable bonds is 7. The molecule has 0 atom stereocenters. The maximum atomic E-state index is 11.5. The third-order valence-corrected chi connectivity index (χ3v) is 2.99. The maximum Gasteiger partial charge on any atom is 0.267 e. The Kier molecular flexibility index (Phi) is 6.17. The monoisotopic (exact) mass is 304 g/mol. The second-order valence-electron chi connectivity index (χ2n) is 3.49. The van der Waals surface area contributed by atoms with Crippen molar-refractivity contribution in [3.05, 3.63) is 21.2 Å². The van der Waals surface area contributed by atoms with Gasteiger partial charge in [0.25, 0.3) is 5.56 Å². The predicted molar refractivity (Wildman–Crippen MR) is 70.3 cm³/mol. The summed E-state index contributed by atoms with van der Waals surface area (Å²) in [5.74, 6) is 0.624. The molecule has 0 aliphatic rings. The smallest absolute Gasteiger partial charge is 0.267 e. The van der Waals surface area contributed by atoms with Crippen molar-refractivity contribution >= 4 is 21.7 Å². The van der Waals surface area contributed by atoms with Gasteiger partial charge in [0.15, 0.2) is 0 Å². The quantitative estimate of drug-likeness (QED) is 0.758. The molecule has 1 aromatic heterocycles. The van der Waals surface area contributed by atoms with E-state index >= 15 is 0 Å². The Balaban J connectivity index is 2.86. The van der Waals surface area contributed by atoms with E-state index in [9.17, 15) is 4.79 Å². The van der Waals surface area contributed by atoms with Crippen molar-refractivity contribution in [1.82, 2.24) is 9.97 Å². The van der Waals surface area contributed by atoms with E-state index in [0.29, 0.717) is 30.0 Å². The van der Waals surface area contributed by atoms with Gasteiger partial charge in [-0.05, 0) is 28.9 Å². The van der Waals surface area contributed by atoms with E-state index in [2.05, 4.69) is 25.9 Å². The van der Waals surface area contributed by atoms with Crippen LogP contribution in [0.5, 0.6) is 0 Å². The fraction of sp³-hybridized carbons (Fsp3) is 0.600. The second kappa shape index (κ2) is 7.41. The number of aromatic nitrogens is 2. The number of aromatic amines is 1. The van der Waals surface area contributed by atoms with Gasteiger partial charge in [0.2, 0.25) is 0 Å². The zero-order valence-electron chi connectivity index (χ0n) is 9.78. The summed E-state index contributed by atoms with van der Waals surface area (Å²) in [5.41, 5.74) is 5.30. The first-order valence-corrected chi connectivity index (χ1v) is 6.17. The van der Waals surface area contributed by atoms with Crippen LogP contribution in [0, 0.1) is 0 Å². The maximum absolute atomic E-state index is 11.5. The number of methoxy groups -OCH3 is 1. The summed E-state index contributed by atoms with van der Waals surface area (Å²) < 4.78 is 5.48. The van der Waals surface area contributed by atoms with Gasteiger partial charge < -0.3 is 20.4 Å². The Morgan fingerprint density at radius 3 is 3.00 bits per heavy atom. The van der Waals surface area contributed by atoms with E-state index in [1.165, 1.54) is 6.33 Å². The Bertz CT molecular complexity index is 388. The number of anilines is 1. The molecule has 0 saturated carbocycles. The van der Waals surface area contributed by atoms with Crippen LogP contribution >= 0.6 is 15.9 Å². The van der Waals surface area contributed by atoms with Crippen molar-refractivity contribution in [3.8, 4) is 0 Å². The number of nitrogens with zero attached hydrogens (tertiary/aromatic N) is 2. The van der Waals surface area contributed by atoms with E-state index in [0.717, 1.165) is 13.0 Å². The summed E-state index contributed by atoms with van der Waals surface area (Å²) in [6.07, 6.45) is 2.23. The minimum absolute atomic E-state index is 0.190. The summed E-state index contributed by atoms with van der Waals surface area (Å²) in [5, 5.41) is 0. The fourth-order valence-electron chi connectivity index (χ4n) is 1.40. The van der Waals surface area contributed by atoms with Crippen LogP contribution in [-0.2, 0) is 4.74 Å². The Morgan fingerprint density at radius 1 is 1.59 bits per heavy atom. The summed E-state index contributed by atoms with van der Waals surface area (Å²) in [6, 6.07) is 0. The molecule has 0 saturated heterocycles. The highest BCUT2D eigenvalue weighted by molar-refractivity contribution is 9.10. The first-order valence-electron chi connectivity index (χ1n) is 5.37. The predicted octanol–water partition coefficient (Wildman–Crippen LogP) is 0.334. The minimum Gasteiger partial charge on any atom is -0.383 e. The number of nitrogens with two attached hydrogens (primary N) is 1. The van der Waals surface area contributed by atoms with E-state index in [4.69, 9.17) is 10.5 Å². The highest BCUT2D eigenvalue weighted by Crippen LogP contribution is 2.18. The van der Waals surface area contributed by atoms with E-state index in [-0.39, 0.29) is 5.56 Å². The number of H-pyrrole nitrogens is 1. The summed E-state index contributed by atoms with van der Waals surface area (Å²) in [4.78, 5) is 20.1. The summed E-state index contributed by atoms with van der Waals surface area (Å²) >= 11 is 3.24. The lowest BCUT2D eigenvalue weighted by atomic mass is 10.3. The van der Waals surface area contributed by atoms with Gasteiger partial charge in [-0.1, -0.05) is 0 Å². The molecule has 0 amide bonds. The molecule has 0 unspecified atom stereocenters. The molecule has 96 valence electrons. The third-order valence-electron chi connectivity index (χ3n) is 2.28. The zero-order valence-corrected chi connectivity index (χ0v) is 11.4. The highest BCUT2D eigenvalue weighted by Gasteiger charge is 2.13. The van der Waals surface area contributed by atoms with Crippen LogP contribution in [0.25, 0.3) is 0 Å². The topological polar surface area (TPSA) is 84.2 Å². The van der Waals surface area contributed by atoms with Gasteiger partial charge in [0.1, 0.15) is 10.3 Å². The van der Waals surface area contributed by atoms with Crippen molar-refractivity contribution in [2.24, 2.45) is 5.73 Å². The molecule has 3 N–H and O–H groups in total. The molecule has 0 aromatic carbocycles. The molecule has 0 aliphatic carbocycles. The summed E-state index contributed by atoms with van der Waals surface area (Å²) in [6.45, 7) is 2.59. The average Bonchev–Trinajstić information content (AvgIpc) is 2.34. The van der Waals surface area contributed by atoms with Gasteiger partial charge in [0, 0.05) is 20.2 Å². The number of ether oxygens (including phenoxy) is 1. The van der Waals surface area contributed by atoms with Crippen molar-refractivity contribution in [3.63, 3.8) is 0 Å². The number of halogens is 1. The van der Waals surface area contributed by atoms with Crippen LogP contribution in [0.1, 0.15) is 6.42 Å². The van der Waals surface area contributed by atoms with E-state index in [1.807, 2.05) is 4.90 Å². The van der Waals surface area contributed by atoms with Gasteiger partial charge in [-0.2, -0.15) is 0 Å². The van der Waals surface area contributed by atoms with Crippen molar-refractivity contribution in [1.29, 1.82) is 0 Å². The Labute approximate surface area is 108 Å². The number of nitrogens with one attached hydrogen (secondary N) is 1. The Hall–Kier alpha value is -0.920. The molecule has 0 aliphatic heterocycles. The summed E-state index contributed by atoms with van der Waals surface area (Å²) in [7, 11) is 1.64. The van der Waals surface area contributed by atoms with Crippen LogP contribution in [-0.4, -0.2) is 43.3 Å². The van der Waals surface area contributed by atoms with Gasteiger partial charge in [-0.3, -0.25) is 4.79 Å². The molecule has 0 fully saturated rings. The zero-order chi connectivity index (χ0) is 12.7. The van der Waals surface area contributed by atoms with E-state index in [1.54, 1.807) is 7.11 Å². The molecule has 17 heavy (non-hydrogen) atoms.